The first-order chi connectivity index (χ1) is 6.22. The Morgan fingerprint density at radius 3 is 3.00 bits per heavy atom. The van der Waals surface area contributed by atoms with Crippen LogP contribution >= 0.6 is 0 Å². The fourth-order valence-corrected chi connectivity index (χ4v) is 1.28. The lowest BCUT2D eigenvalue weighted by molar-refractivity contribution is -0.120. The Morgan fingerprint density at radius 1 is 1.69 bits per heavy atom. The second kappa shape index (κ2) is 4.81. The molecule has 3 N–H and O–H groups in total. The van der Waals surface area contributed by atoms with Crippen molar-refractivity contribution in [1.29, 1.82) is 0 Å². The molecule has 0 bridgehead atoms. The number of nitrogens with one attached hydrogen (secondary N) is 3. The second-order valence-electron chi connectivity index (χ2n) is 3.11. The van der Waals surface area contributed by atoms with Crippen molar-refractivity contribution in [3.63, 3.8) is 0 Å². The van der Waals surface area contributed by atoms with Gasteiger partial charge in [0.15, 0.2) is 0 Å². The van der Waals surface area contributed by atoms with Crippen LogP contribution in [0.4, 0.5) is 0 Å². The SMILES string of the molecule is CNC(=O)CNCC1CCC(=O)N1. The van der Waals surface area contributed by atoms with Gasteiger partial charge in [0, 0.05) is 26.1 Å². The van der Waals surface area contributed by atoms with Crippen LogP contribution < -0.4 is 16.0 Å². The van der Waals surface area contributed by atoms with E-state index in [4.69, 9.17) is 0 Å². The number of likely N-dealkylation sites (N-methyl/N-ethyl adjacent to an activating group) is 1. The molecule has 0 spiro atoms. The Hall–Kier alpha value is -1.10. The van der Waals surface area contributed by atoms with Crippen LogP contribution in [0.1, 0.15) is 12.8 Å². The number of carbonyl (C=O) groups excluding carboxylic acids is 2. The minimum Gasteiger partial charge on any atom is -0.358 e. The molecule has 1 aliphatic heterocycles. The van der Waals surface area contributed by atoms with Gasteiger partial charge < -0.3 is 16.0 Å². The molecular weight excluding hydrogens is 170 g/mol. The van der Waals surface area contributed by atoms with Gasteiger partial charge in [-0.25, -0.2) is 0 Å². The zero-order chi connectivity index (χ0) is 9.68. The van der Waals surface area contributed by atoms with E-state index in [9.17, 15) is 9.59 Å². The molecule has 1 fully saturated rings. The van der Waals surface area contributed by atoms with Crippen molar-refractivity contribution in [3.8, 4) is 0 Å². The molecule has 1 atom stereocenters. The van der Waals surface area contributed by atoms with Crippen LogP contribution in [0.15, 0.2) is 0 Å². The van der Waals surface area contributed by atoms with E-state index in [-0.39, 0.29) is 17.9 Å². The van der Waals surface area contributed by atoms with Crippen LogP contribution in [0.5, 0.6) is 0 Å². The Balaban J connectivity index is 2.06. The molecule has 1 saturated heterocycles. The predicted octanol–water partition coefficient (Wildman–Crippen LogP) is -1.40. The summed E-state index contributed by atoms with van der Waals surface area (Å²) in [5, 5.41) is 8.29. The van der Waals surface area contributed by atoms with E-state index in [2.05, 4.69) is 16.0 Å². The lowest BCUT2D eigenvalue weighted by atomic mass is 10.2. The Bertz CT molecular complexity index is 206. The van der Waals surface area contributed by atoms with Gasteiger partial charge in [0.05, 0.1) is 6.54 Å². The molecule has 5 nitrogen and oxygen atoms in total. The first-order valence-electron chi connectivity index (χ1n) is 4.43. The van der Waals surface area contributed by atoms with E-state index in [1.165, 1.54) is 0 Å². The molecule has 1 rings (SSSR count). The van der Waals surface area contributed by atoms with E-state index in [1.807, 2.05) is 0 Å². The summed E-state index contributed by atoms with van der Waals surface area (Å²) in [4.78, 5) is 21.6. The zero-order valence-electron chi connectivity index (χ0n) is 7.72. The molecular formula is C8H15N3O2. The summed E-state index contributed by atoms with van der Waals surface area (Å²) in [5.41, 5.74) is 0. The summed E-state index contributed by atoms with van der Waals surface area (Å²) >= 11 is 0. The van der Waals surface area contributed by atoms with Gasteiger partial charge >= 0.3 is 0 Å². The topological polar surface area (TPSA) is 70.2 Å². The van der Waals surface area contributed by atoms with Gasteiger partial charge in [-0.1, -0.05) is 0 Å². The minimum absolute atomic E-state index is 0.0377. The number of rotatable bonds is 4. The lowest BCUT2D eigenvalue weighted by Gasteiger charge is -2.10. The molecule has 0 radical (unpaired) electrons. The summed E-state index contributed by atoms with van der Waals surface area (Å²) in [6.07, 6.45) is 1.46. The van der Waals surface area contributed by atoms with Gasteiger partial charge in [-0.2, -0.15) is 0 Å². The molecule has 13 heavy (non-hydrogen) atoms. The van der Waals surface area contributed by atoms with Gasteiger partial charge in [0.25, 0.3) is 0 Å². The smallest absolute Gasteiger partial charge is 0.233 e. The van der Waals surface area contributed by atoms with Crippen LogP contribution in [0.2, 0.25) is 0 Å². The maximum Gasteiger partial charge on any atom is 0.233 e. The van der Waals surface area contributed by atoms with Crippen molar-refractivity contribution in [2.75, 3.05) is 20.1 Å². The predicted molar refractivity (Wildman–Crippen MR) is 48.1 cm³/mol. The normalized spacial score (nSPS) is 21.3. The third-order valence-corrected chi connectivity index (χ3v) is 2.04. The lowest BCUT2D eigenvalue weighted by Crippen LogP contribution is -2.39. The maximum absolute atomic E-state index is 10.8. The molecule has 74 valence electrons. The molecule has 2 amide bonds. The Kier molecular flexibility index (Phi) is 3.70. The third kappa shape index (κ3) is 3.42. The average molecular weight is 185 g/mol. The molecule has 0 saturated carbocycles. The molecule has 1 aliphatic rings. The fraction of sp³-hybridized carbons (Fsp3) is 0.750. The quantitative estimate of drug-likeness (QED) is 0.504. The monoisotopic (exact) mass is 185 g/mol. The van der Waals surface area contributed by atoms with Crippen LogP contribution in [0.3, 0.4) is 0 Å². The summed E-state index contributed by atoms with van der Waals surface area (Å²) < 4.78 is 0. The summed E-state index contributed by atoms with van der Waals surface area (Å²) in [5.74, 6) is 0.0658. The average Bonchev–Trinajstić information content (AvgIpc) is 2.51. The van der Waals surface area contributed by atoms with E-state index in [1.54, 1.807) is 7.05 Å². The van der Waals surface area contributed by atoms with Gasteiger partial charge in [0.1, 0.15) is 0 Å². The third-order valence-electron chi connectivity index (χ3n) is 2.04. The Labute approximate surface area is 77.3 Å². The number of hydrogen-bond donors (Lipinski definition) is 3. The number of carbonyl (C=O) groups is 2. The highest BCUT2D eigenvalue weighted by molar-refractivity contribution is 5.78. The van der Waals surface area contributed by atoms with Crippen molar-refractivity contribution < 1.29 is 9.59 Å². The number of hydrogen-bond acceptors (Lipinski definition) is 3. The Morgan fingerprint density at radius 2 is 2.46 bits per heavy atom. The summed E-state index contributed by atoms with van der Waals surface area (Å²) in [6, 6.07) is 0.192. The van der Waals surface area contributed by atoms with Crippen molar-refractivity contribution >= 4 is 11.8 Å². The second-order valence-corrected chi connectivity index (χ2v) is 3.11. The van der Waals surface area contributed by atoms with Crippen LogP contribution in [-0.2, 0) is 9.59 Å². The zero-order valence-corrected chi connectivity index (χ0v) is 7.72. The number of amides is 2. The van der Waals surface area contributed by atoms with E-state index < -0.39 is 0 Å². The van der Waals surface area contributed by atoms with Crippen molar-refractivity contribution in [2.45, 2.75) is 18.9 Å². The largest absolute Gasteiger partial charge is 0.358 e. The minimum atomic E-state index is -0.0377. The molecule has 0 aliphatic carbocycles. The van der Waals surface area contributed by atoms with Crippen LogP contribution in [0, 0.1) is 0 Å². The first-order valence-corrected chi connectivity index (χ1v) is 4.43. The first kappa shape index (κ1) is 9.98. The standard InChI is InChI=1S/C8H15N3O2/c1-9-8(13)5-10-4-6-2-3-7(12)11-6/h6,10H,2-5H2,1H3,(H,9,13)(H,11,12). The molecule has 1 unspecified atom stereocenters. The molecule has 0 aromatic carbocycles. The van der Waals surface area contributed by atoms with Crippen molar-refractivity contribution in [1.82, 2.24) is 16.0 Å². The fourth-order valence-electron chi connectivity index (χ4n) is 1.28. The van der Waals surface area contributed by atoms with E-state index in [0.29, 0.717) is 19.5 Å². The van der Waals surface area contributed by atoms with Gasteiger partial charge in [-0.05, 0) is 6.42 Å². The highest BCUT2D eigenvalue weighted by Gasteiger charge is 2.19. The van der Waals surface area contributed by atoms with Crippen molar-refractivity contribution in [2.24, 2.45) is 0 Å². The van der Waals surface area contributed by atoms with Gasteiger partial charge in [0.2, 0.25) is 11.8 Å². The van der Waals surface area contributed by atoms with Gasteiger partial charge in [-0.3, -0.25) is 9.59 Å². The van der Waals surface area contributed by atoms with E-state index >= 15 is 0 Å². The highest BCUT2D eigenvalue weighted by atomic mass is 16.2. The molecule has 0 aromatic rings. The molecule has 5 heteroatoms. The van der Waals surface area contributed by atoms with Crippen LogP contribution in [-0.4, -0.2) is 38.0 Å². The van der Waals surface area contributed by atoms with Crippen molar-refractivity contribution in [3.05, 3.63) is 0 Å². The summed E-state index contributed by atoms with van der Waals surface area (Å²) in [6.45, 7) is 0.974. The highest BCUT2D eigenvalue weighted by Crippen LogP contribution is 2.04. The maximum atomic E-state index is 10.8. The van der Waals surface area contributed by atoms with Gasteiger partial charge in [-0.15, -0.1) is 0 Å². The summed E-state index contributed by atoms with van der Waals surface area (Å²) in [7, 11) is 1.60. The molecule has 0 aromatic heterocycles. The molecule has 1 heterocycles. The van der Waals surface area contributed by atoms with Crippen LogP contribution in [0.25, 0.3) is 0 Å². The van der Waals surface area contributed by atoms with E-state index in [0.717, 1.165) is 6.42 Å².